The molecule has 5 nitrogen and oxygen atoms in total. The Balaban J connectivity index is 1.74. The Morgan fingerprint density at radius 1 is 1.30 bits per heavy atom. The topological polar surface area (TPSA) is 69.6 Å². The van der Waals surface area contributed by atoms with Gasteiger partial charge in [-0.2, -0.15) is 0 Å². The van der Waals surface area contributed by atoms with Gasteiger partial charge in [-0.25, -0.2) is 13.1 Å². The van der Waals surface area contributed by atoms with Gasteiger partial charge in [-0.3, -0.25) is 0 Å². The highest BCUT2D eigenvalue weighted by atomic mass is 32.2. The van der Waals surface area contributed by atoms with E-state index in [-0.39, 0.29) is 6.04 Å². The molecule has 1 aromatic carbocycles. The van der Waals surface area contributed by atoms with E-state index in [1.165, 1.54) is 0 Å². The van der Waals surface area contributed by atoms with Crippen molar-refractivity contribution in [1.29, 1.82) is 0 Å². The number of sulfonamides is 1. The van der Waals surface area contributed by atoms with E-state index < -0.39 is 15.6 Å². The van der Waals surface area contributed by atoms with E-state index in [1.54, 1.807) is 12.1 Å². The van der Waals surface area contributed by atoms with Gasteiger partial charge >= 0.3 is 0 Å². The minimum Gasteiger partial charge on any atom is -0.388 e. The fraction of sp³-hybridized carbons (Fsp3) is 0.571. The van der Waals surface area contributed by atoms with Gasteiger partial charge in [0.1, 0.15) is 0 Å². The zero-order chi connectivity index (χ0) is 14.4. The molecular weight excluding hydrogens is 276 g/mol. The van der Waals surface area contributed by atoms with Crippen molar-refractivity contribution in [1.82, 2.24) is 4.72 Å². The number of β-amino-alcohol motifs (C(OH)–C–C–N with tert-alkyl or cyclic N) is 1. The molecule has 1 heterocycles. The van der Waals surface area contributed by atoms with Gasteiger partial charge < -0.3 is 10.0 Å². The largest absolute Gasteiger partial charge is 0.388 e. The van der Waals surface area contributed by atoms with Crippen LogP contribution < -0.4 is 9.62 Å². The van der Waals surface area contributed by atoms with Gasteiger partial charge in [-0.05, 0) is 50.5 Å². The number of hydrogen-bond acceptors (Lipinski definition) is 4. The van der Waals surface area contributed by atoms with E-state index in [4.69, 9.17) is 0 Å². The summed E-state index contributed by atoms with van der Waals surface area (Å²) in [5, 5.41) is 9.97. The van der Waals surface area contributed by atoms with Crippen LogP contribution in [0.5, 0.6) is 0 Å². The van der Waals surface area contributed by atoms with Crippen LogP contribution in [-0.2, 0) is 10.0 Å². The van der Waals surface area contributed by atoms with Crippen LogP contribution in [0.3, 0.4) is 0 Å². The number of nitrogens with zero attached hydrogens (tertiary/aromatic N) is 1. The molecule has 20 heavy (non-hydrogen) atoms. The fourth-order valence-electron chi connectivity index (χ4n) is 2.49. The zero-order valence-corrected chi connectivity index (χ0v) is 12.4. The molecule has 1 saturated carbocycles. The van der Waals surface area contributed by atoms with Crippen molar-refractivity contribution in [3.63, 3.8) is 0 Å². The molecule has 2 aliphatic rings. The number of aliphatic hydroxyl groups is 1. The first-order chi connectivity index (χ1) is 9.36. The molecular formula is C14H20N2O3S. The molecule has 0 amide bonds. The maximum atomic E-state index is 12.1. The van der Waals surface area contributed by atoms with Crippen molar-refractivity contribution in [3.05, 3.63) is 24.3 Å². The molecule has 1 saturated heterocycles. The average Bonchev–Trinajstić information content (AvgIpc) is 3.10. The molecule has 110 valence electrons. The first kappa shape index (κ1) is 13.9. The van der Waals surface area contributed by atoms with Gasteiger partial charge in [0.05, 0.1) is 10.5 Å². The van der Waals surface area contributed by atoms with Crippen LogP contribution in [0.25, 0.3) is 0 Å². The number of nitrogens with one attached hydrogen (secondary N) is 1. The van der Waals surface area contributed by atoms with E-state index in [0.717, 1.165) is 31.5 Å². The zero-order valence-electron chi connectivity index (χ0n) is 11.5. The van der Waals surface area contributed by atoms with Crippen LogP contribution in [0.1, 0.15) is 26.2 Å². The number of rotatable bonds is 4. The summed E-state index contributed by atoms with van der Waals surface area (Å²) in [4.78, 5) is 2.38. The molecule has 1 aliphatic carbocycles. The Morgan fingerprint density at radius 3 is 2.45 bits per heavy atom. The molecule has 0 bridgehead atoms. The summed E-state index contributed by atoms with van der Waals surface area (Å²) < 4.78 is 26.8. The highest BCUT2D eigenvalue weighted by Crippen LogP contribution is 2.28. The highest BCUT2D eigenvalue weighted by molar-refractivity contribution is 7.89. The van der Waals surface area contributed by atoms with Gasteiger partial charge in [0.2, 0.25) is 10.0 Å². The Hall–Kier alpha value is -1.11. The monoisotopic (exact) mass is 296 g/mol. The summed E-state index contributed by atoms with van der Waals surface area (Å²) in [6, 6.07) is 7.00. The van der Waals surface area contributed by atoms with Crippen molar-refractivity contribution in [3.8, 4) is 0 Å². The minimum atomic E-state index is -3.38. The summed E-state index contributed by atoms with van der Waals surface area (Å²) in [6.07, 6.45) is 2.59. The second kappa shape index (κ2) is 4.72. The van der Waals surface area contributed by atoms with E-state index in [9.17, 15) is 13.5 Å². The van der Waals surface area contributed by atoms with Crippen LogP contribution in [-0.4, -0.2) is 38.3 Å². The molecule has 0 aromatic heterocycles. The van der Waals surface area contributed by atoms with E-state index in [2.05, 4.69) is 9.62 Å². The lowest BCUT2D eigenvalue weighted by molar-refractivity contribution is 0.0839. The molecule has 2 N–H and O–H groups in total. The van der Waals surface area contributed by atoms with E-state index in [0.29, 0.717) is 11.4 Å². The summed E-state index contributed by atoms with van der Waals surface area (Å²) >= 11 is 0. The molecule has 1 unspecified atom stereocenters. The molecule has 1 aromatic rings. The first-order valence-corrected chi connectivity index (χ1v) is 8.44. The molecule has 0 radical (unpaired) electrons. The van der Waals surface area contributed by atoms with Crippen molar-refractivity contribution in [2.75, 3.05) is 18.0 Å². The van der Waals surface area contributed by atoms with Gasteiger partial charge in [-0.15, -0.1) is 0 Å². The summed E-state index contributed by atoms with van der Waals surface area (Å²) in [5.41, 5.74) is 0.298. The molecule has 1 atom stereocenters. The third-order valence-electron chi connectivity index (χ3n) is 3.86. The number of anilines is 1. The van der Waals surface area contributed by atoms with Crippen molar-refractivity contribution >= 4 is 15.7 Å². The molecule has 0 spiro atoms. The maximum Gasteiger partial charge on any atom is 0.240 e. The van der Waals surface area contributed by atoms with Crippen molar-refractivity contribution in [2.24, 2.45) is 0 Å². The third-order valence-corrected chi connectivity index (χ3v) is 5.40. The Kier molecular flexibility index (Phi) is 3.27. The summed E-state index contributed by atoms with van der Waals surface area (Å²) in [7, 11) is -3.38. The number of benzene rings is 1. The Bertz CT molecular complexity index is 591. The Morgan fingerprint density at radius 2 is 1.95 bits per heavy atom. The summed E-state index contributed by atoms with van der Waals surface area (Å²) in [5.74, 6) is 0. The number of hydrogen-bond donors (Lipinski definition) is 2. The predicted octanol–water partition coefficient (Wildman–Crippen LogP) is 1.09. The van der Waals surface area contributed by atoms with Crippen LogP contribution in [0, 0.1) is 0 Å². The van der Waals surface area contributed by atoms with Gasteiger partial charge in [-0.1, -0.05) is 0 Å². The average molecular weight is 296 g/mol. The van der Waals surface area contributed by atoms with Gasteiger partial charge in [0, 0.05) is 24.8 Å². The van der Waals surface area contributed by atoms with Crippen LogP contribution >= 0.6 is 0 Å². The van der Waals surface area contributed by atoms with E-state index >= 15 is 0 Å². The first-order valence-electron chi connectivity index (χ1n) is 6.95. The predicted molar refractivity (Wildman–Crippen MR) is 77.2 cm³/mol. The minimum absolute atomic E-state index is 0.119. The molecule has 3 rings (SSSR count). The normalized spacial score (nSPS) is 27.0. The fourth-order valence-corrected chi connectivity index (χ4v) is 3.80. The quantitative estimate of drug-likeness (QED) is 0.872. The van der Waals surface area contributed by atoms with Crippen LogP contribution in [0.2, 0.25) is 0 Å². The second-order valence-electron chi connectivity index (χ2n) is 6.06. The smallest absolute Gasteiger partial charge is 0.240 e. The lowest BCUT2D eigenvalue weighted by Gasteiger charge is -2.21. The second-order valence-corrected chi connectivity index (χ2v) is 7.77. The maximum absolute atomic E-state index is 12.1. The van der Waals surface area contributed by atoms with Gasteiger partial charge in [0.15, 0.2) is 0 Å². The molecule has 6 heteroatoms. The third kappa shape index (κ3) is 2.97. The molecule has 2 fully saturated rings. The Labute approximate surface area is 119 Å². The SMILES string of the molecule is CC1(O)CCN(c2ccc(S(=O)(=O)NC3CC3)cc2)C1. The summed E-state index contributed by atoms with van der Waals surface area (Å²) in [6.45, 7) is 3.20. The standard InChI is InChI=1S/C14H20N2O3S/c1-14(17)8-9-16(10-14)12-4-6-13(7-5-12)20(18,19)15-11-2-3-11/h4-7,11,15,17H,2-3,8-10H2,1H3. The lowest BCUT2D eigenvalue weighted by Crippen LogP contribution is -2.29. The van der Waals surface area contributed by atoms with E-state index in [1.807, 2.05) is 19.1 Å². The van der Waals surface area contributed by atoms with Gasteiger partial charge in [0.25, 0.3) is 0 Å². The van der Waals surface area contributed by atoms with Crippen molar-refractivity contribution < 1.29 is 13.5 Å². The lowest BCUT2D eigenvalue weighted by atomic mass is 10.1. The highest BCUT2D eigenvalue weighted by Gasteiger charge is 2.32. The van der Waals surface area contributed by atoms with Crippen molar-refractivity contribution in [2.45, 2.75) is 42.7 Å². The molecule has 1 aliphatic heterocycles. The van der Waals surface area contributed by atoms with Crippen LogP contribution in [0.15, 0.2) is 29.2 Å². The van der Waals surface area contributed by atoms with Crippen LogP contribution in [0.4, 0.5) is 5.69 Å².